The molecule has 4 rings (SSSR count). The summed E-state index contributed by atoms with van der Waals surface area (Å²) >= 11 is 7.21. The van der Waals surface area contributed by atoms with Crippen LogP contribution in [0.15, 0.2) is 59.8 Å². The van der Waals surface area contributed by atoms with Gasteiger partial charge in [0.1, 0.15) is 11.5 Å². The Morgan fingerprint density at radius 3 is 2.42 bits per heavy atom. The number of halogens is 1. The first-order valence-electron chi connectivity index (χ1n) is 9.20. The van der Waals surface area contributed by atoms with Crippen molar-refractivity contribution in [2.75, 3.05) is 25.3 Å². The number of aromatic nitrogens is 4. The lowest BCUT2D eigenvalue weighted by molar-refractivity contribution is -0.113. The largest absolute Gasteiger partial charge is 0.497 e. The highest BCUT2D eigenvalue weighted by atomic mass is 35.5. The van der Waals surface area contributed by atoms with Gasteiger partial charge in [-0.25, -0.2) is 0 Å². The normalized spacial score (nSPS) is 10.8. The Hall–Kier alpha value is -3.30. The number of ether oxygens (including phenoxy) is 2. The van der Waals surface area contributed by atoms with Gasteiger partial charge in [-0.2, -0.15) is 9.61 Å². The van der Waals surface area contributed by atoms with Crippen LogP contribution in [0.25, 0.3) is 16.9 Å². The molecule has 158 valence electrons. The van der Waals surface area contributed by atoms with Gasteiger partial charge in [-0.15, -0.1) is 10.2 Å². The summed E-state index contributed by atoms with van der Waals surface area (Å²) in [6.07, 6.45) is 0. The zero-order valence-electron chi connectivity index (χ0n) is 16.7. The van der Waals surface area contributed by atoms with Gasteiger partial charge in [-0.1, -0.05) is 35.5 Å². The molecule has 8 nitrogen and oxygen atoms in total. The SMILES string of the molecule is COc1cc(NC(=O)CSc2nnc3ccc(-c4ccc(Cl)cc4)nn23)cc(OC)c1. The zero-order valence-corrected chi connectivity index (χ0v) is 18.3. The summed E-state index contributed by atoms with van der Waals surface area (Å²) in [6.45, 7) is 0. The highest BCUT2D eigenvalue weighted by Crippen LogP contribution is 2.26. The fourth-order valence-corrected chi connectivity index (χ4v) is 3.65. The number of carbonyl (C=O) groups excluding carboxylic acids is 1. The first-order valence-corrected chi connectivity index (χ1v) is 10.6. The molecule has 2 aromatic heterocycles. The average Bonchev–Trinajstić information content (AvgIpc) is 3.20. The van der Waals surface area contributed by atoms with E-state index in [1.807, 2.05) is 36.4 Å². The Morgan fingerprint density at radius 2 is 1.74 bits per heavy atom. The molecule has 4 aromatic rings. The van der Waals surface area contributed by atoms with Gasteiger partial charge in [0.2, 0.25) is 11.1 Å². The molecule has 0 spiro atoms. The van der Waals surface area contributed by atoms with Crippen molar-refractivity contribution in [1.82, 2.24) is 19.8 Å². The zero-order chi connectivity index (χ0) is 21.8. The lowest BCUT2D eigenvalue weighted by Gasteiger charge is -2.09. The molecule has 0 aliphatic carbocycles. The highest BCUT2D eigenvalue weighted by Gasteiger charge is 2.13. The van der Waals surface area contributed by atoms with E-state index >= 15 is 0 Å². The second-order valence-corrected chi connectivity index (χ2v) is 7.80. The van der Waals surface area contributed by atoms with E-state index in [-0.39, 0.29) is 11.7 Å². The minimum Gasteiger partial charge on any atom is -0.497 e. The number of benzene rings is 2. The van der Waals surface area contributed by atoms with E-state index in [1.165, 1.54) is 11.8 Å². The van der Waals surface area contributed by atoms with Crippen LogP contribution in [0.5, 0.6) is 11.5 Å². The van der Waals surface area contributed by atoms with Crippen molar-refractivity contribution < 1.29 is 14.3 Å². The molecule has 2 heterocycles. The van der Waals surface area contributed by atoms with E-state index in [4.69, 9.17) is 21.1 Å². The summed E-state index contributed by atoms with van der Waals surface area (Å²) in [5.74, 6) is 1.10. The summed E-state index contributed by atoms with van der Waals surface area (Å²) in [5.41, 5.74) is 2.84. The highest BCUT2D eigenvalue weighted by molar-refractivity contribution is 7.99. The molecule has 0 saturated carbocycles. The molecule has 0 bridgehead atoms. The number of methoxy groups -OCH3 is 2. The van der Waals surface area contributed by atoms with Crippen LogP contribution >= 0.6 is 23.4 Å². The second kappa shape index (κ2) is 9.23. The Kier molecular flexibility index (Phi) is 6.24. The number of rotatable bonds is 7. The Morgan fingerprint density at radius 1 is 1.03 bits per heavy atom. The standard InChI is InChI=1S/C21H18ClN5O3S/c1-29-16-9-15(10-17(11-16)30-2)23-20(28)12-31-21-25-24-19-8-7-18(26-27(19)21)13-3-5-14(22)6-4-13/h3-11H,12H2,1-2H3,(H,23,28). The molecule has 0 aliphatic heterocycles. The fraction of sp³-hybridized carbons (Fsp3) is 0.143. The maximum Gasteiger partial charge on any atom is 0.234 e. The van der Waals surface area contributed by atoms with Crippen LogP contribution in [0.4, 0.5) is 5.69 Å². The predicted octanol–water partition coefficient (Wildman–Crippen LogP) is 4.19. The summed E-state index contributed by atoms with van der Waals surface area (Å²) in [4.78, 5) is 12.5. The summed E-state index contributed by atoms with van der Waals surface area (Å²) < 4.78 is 12.1. The Bertz CT molecular complexity index is 1210. The van der Waals surface area contributed by atoms with Crippen LogP contribution in [-0.4, -0.2) is 45.7 Å². The van der Waals surface area contributed by atoms with Crippen LogP contribution in [0.1, 0.15) is 0 Å². The maximum absolute atomic E-state index is 12.5. The third kappa shape index (κ3) is 4.89. The molecule has 0 saturated heterocycles. The van der Waals surface area contributed by atoms with Gasteiger partial charge in [0, 0.05) is 34.5 Å². The lowest BCUT2D eigenvalue weighted by Crippen LogP contribution is -2.14. The van der Waals surface area contributed by atoms with Gasteiger partial charge >= 0.3 is 0 Å². The van der Waals surface area contributed by atoms with E-state index in [0.29, 0.717) is 33.0 Å². The van der Waals surface area contributed by atoms with Crippen LogP contribution in [0.2, 0.25) is 5.02 Å². The van der Waals surface area contributed by atoms with E-state index in [2.05, 4.69) is 20.6 Å². The summed E-state index contributed by atoms with van der Waals surface area (Å²) in [6, 6.07) is 16.3. The molecule has 2 aromatic carbocycles. The summed E-state index contributed by atoms with van der Waals surface area (Å²) in [5, 5.41) is 16.9. The average molecular weight is 456 g/mol. The van der Waals surface area contributed by atoms with Gasteiger partial charge in [-0.3, -0.25) is 4.79 Å². The fourth-order valence-electron chi connectivity index (χ4n) is 2.84. The molecular formula is C21H18ClN5O3S. The number of nitrogens with one attached hydrogen (secondary N) is 1. The maximum atomic E-state index is 12.5. The first kappa shape index (κ1) is 21.0. The van der Waals surface area contributed by atoms with Crippen molar-refractivity contribution >= 4 is 40.6 Å². The molecular weight excluding hydrogens is 438 g/mol. The van der Waals surface area contributed by atoms with E-state index in [1.54, 1.807) is 36.9 Å². The molecule has 1 amide bonds. The smallest absolute Gasteiger partial charge is 0.234 e. The molecule has 0 radical (unpaired) electrons. The van der Waals surface area contributed by atoms with Gasteiger partial charge in [0.25, 0.3) is 0 Å². The molecule has 1 N–H and O–H groups in total. The number of carbonyl (C=O) groups is 1. The van der Waals surface area contributed by atoms with Crippen LogP contribution < -0.4 is 14.8 Å². The van der Waals surface area contributed by atoms with Crippen LogP contribution in [0, 0.1) is 0 Å². The Balaban J connectivity index is 1.48. The quantitative estimate of drug-likeness (QED) is 0.418. The van der Waals surface area contributed by atoms with Crippen molar-refractivity contribution in [2.24, 2.45) is 0 Å². The number of fused-ring (bicyclic) bond motifs is 1. The summed E-state index contributed by atoms with van der Waals surface area (Å²) in [7, 11) is 3.11. The van der Waals surface area contributed by atoms with Gasteiger partial charge in [0.05, 0.1) is 25.7 Å². The van der Waals surface area contributed by atoms with Crippen molar-refractivity contribution in [1.29, 1.82) is 0 Å². The number of nitrogens with zero attached hydrogens (tertiary/aromatic N) is 4. The number of amides is 1. The molecule has 0 aliphatic rings. The lowest BCUT2D eigenvalue weighted by atomic mass is 10.1. The Labute approximate surface area is 187 Å². The minimum absolute atomic E-state index is 0.132. The monoisotopic (exact) mass is 455 g/mol. The van der Waals surface area contributed by atoms with Crippen molar-refractivity contribution in [3.05, 3.63) is 59.6 Å². The number of thioether (sulfide) groups is 1. The van der Waals surface area contributed by atoms with Gasteiger partial charge < -0.3 is 14.8 Å². The van der Waals surface area contributed by atoms with Crippen molar-refractivity contribution in [2.45, 2.75) is 5.16 Å². The third-order valence-electron chi connectivity index (χ3n) is 4.34. The van der Waals surface area contributed by atoms with Gasteiger partial charge in [0.15, 0.2) is 5.65 Å². The second-order valence-electron chi connectivity index (χ2n) is 6.42. The van der Waals surface area contributed by atoms with Gasteiger partial charge in [-0.05, 0) is 24.3 Å². The van der Waals surface area contributed by atoms with E-state index < -0.39 is 0 Å². The van der Waals surface area contributed by atoms with E-state index in [0.717, 1.165) is 11.3 Å². The van der Waals surface area contributed by atoms with Crippen molar-refractivity contribution in [3.63, 3.8) is 0 Å². The van der Waals surface area contributed by atoms with Crippen LogP contribution in [0.3, 0.4) is 0 Å². The molecule has 0 unspecified atom stereocenters. The van der Waals surface area contributed by atoms with E-state index in [9.17, 15) is 4.79 Å². The topological polar surface area (TPSA) is 90.6 Å². The molecule has 31 heavy (non-hydrogen) atoms. The van der Waals surface area contributed by atoms with Crippen molar-refractivity contribution in [3.8, 4) is 22.8 Å². The predicted molar refractivity (Wildman–Crippen MR) is 120 cm³/mol. The molecule has 10 heteroatoms. The molecule has 0 fully saturated rings. The third-order valence-corrected chi connectivity index (χ3v) is 5.51. The van der Waals surface area contributed by atoms with Crippen LogP contribution in [-0.2, 0) is 4.79 Å². The number of hydrogen-bond acceptors (Lipinski definition) is 7. The number of anilines is 1. The minimum atomic E-state index is -0.203. The molecule has 0 atom stereocenters. The number of hydrogen-bond donors (Lipinski definition) is 1. The first-order chi connectivity index (χ1) is 15.1.